The van der Waals surface area contributed by atoms with Crippen LogP contribution >= 0.6 is 11.3 Å². The molecule has 3 aromatic rings. The van der Waals surface area contributed by atoms with Crippen LogP contribution in [0.2, 0.25) is 0 Å². The van der Waals surface area contributed by atoms with E-state index in [9.17, 15) is 18.3 Å². The Labute approximate surface area is 238 Å². The van der Waals surface area contributed by atoms with Crippen LogP contribution in [0.3, 0.4) is 0 Å². The van der Waals surface area contributed by atoms with Gasteiger partial charge in [0.05, 0.1) is 18.2 Å². The summed E-state index contributed by atoms with van der Waals surface area (Å²) in [4.78, 5) is 17.4. The maximum absolute atomic E-state index is 13.7. The number of thiophene rings is 1. The molecule has 2 N–H and O–H groups in total. The summed E-state index contributed by atoms with van der Waals surface area (Å²) in [6.45, 7) is 5.42. The standard InChI is InChI=1S/C28H33N3O7S2/c1-18-13-31(19(2)16-32)28(33)22-12-21(29-40(34,35)27-5-4-10-39-27)7-9-23(22)38-26(18)15-30(3)14-20-6-8-24-25(11-20)37-17-36-24/h4-12,18-19,26,29,32H,13-17H2,1-3H3/t18-,19-,26+/m0/s1. The number of rotatable bonds is 9. The molecule has 2 aromatic carbocycles. The lowest BCUT2D eigenvalue weighted by Gasteiger charge is -2.38. The van der Waals surface area contributed by atoms with Crippen LogP contribution in [0.1, 0.15) is 29.8 Å². The van der Waals surface area contributed by atoms with Gasteiger partial charge in [-0.3, -0.25) is 14.4 Å². The van der Waals surface area contributed by atoms with Gasteiger partial charge in [0.2, 0.25) is 6.79 Å². The minimum Gasteiger partial charge on any atom is -0.488 e. The van der Waals surface area contributed by atoms with E-state index in [1.165, 1.54) is 12.1 Å². The molecule has 0 unspecified atom stereocenters. The molecule has 0 fully saturated rings. The molecule has 10 nitrogen and oxygen atoms in total. The average Bonchev–Trinajstić information content (AvgIpc) is 3.63. The fourth-order valence-corrected chi connectivity index (χ4v) is 6.89. The van der Waals surface area contributed by atoms with E-state index in [0.717, 1.165) is 28.4 Å². The zero-order chi connectivity index (χ0) is 28.4. The van der Waals surface area contributed by atoms with Gasteiger partial charge in [-0.15, -0.1) is 11.3 Å². The third-order valence-electron chi connectivity index (χ3n) is 7.06. The molecule has 0 radical (unpaired) electrons. The Hall–Kier alpha value is -3.32. The first-order chi connectivity index (χ1) is 19.1. The number of benzene rings is 2. The van der Waals surface area contributed by atoms with E-state index >= 15 is 0 Å². The van der Waals surface area contributed by atoms with Gasteiger partial charge in [0.15, 0.2) is 11.5 Å². The second kappa shape index (κ2) is 11.7. The Morgan fingerprint density at radius 2 is 1.93 bits per heavy atom. The Morgan fingerprint density at radius 1 is 1.15 bits per heavy atom. The molecule has 0 bridgehead atoms. The van der Waals surface area contributed by atoms with E-state index in [-0.39, 0.29) is 46.8 Å². The molecule has 2 aliphatic rings. The zero-order valence-corrected chi connectivity index (χ0v) is 24.2. The van der Waals surface area contributed by atoms with Gasteiger partial charge in [-0.25, -0.2) is 8.42 Å². The minimum atomic E-state index is -3.79. The predicted molar refractivity (Wildman–Crippen MR) is 152 cm³/mol. The number of carbonyl (C=O) groups is 1. The van der Waals surface area contributed by atoms with Crippen molar-refractivity contribution in [1.82, 2.24) is 9.80 Å². The van der Waals surface area contributed by atoms with Crippen molar-refractivity contribution in [3.8, 4) is 17.2 Å². The first-order valence-corrected chi connectivity index (χ1v) is 15.4. The van der Waals surface area contributed by atoms with Crippen molar-refractivity contribution < 1.29 is 32.5 Å². The number of carbonyl (C=O) groups excluding carboxylic acids is 1. The summed E-state index contributed by atoms with van der Waals surface area (Å²) in [6, 6.07) is 13.4. The summed E-state index contributed by atoms with van der Waals surface area (Å²) >= 11 is 1.11. The maximum Gasteiger partial charge on any atom is 0.271 e. The van der Waals surface area contributed by atoms with Gasteiger partial charge >= 0.3 is 0 Å². The fraction of sp³-hybridized carbons (Fsp3) is 0.393. The van der Waals surface area contributed by atoms with Crippen LogP contribution in [-0.4, -0.2) is 74.9 Å². The van der Waals surface area contributed by atoms with Crippen LogP contribution in [0.4, 0.5) is 5.69 Å². The number of aliphatic hydroxyl groups excluding tert-OH is 1. The van der Waals surface area contributed by atoms with E-state index in [0.29, 0.717) is 25.4 Å². The van der Waals surface area contributed by atoms with Gasteiger partial charge in [0.1, 0.15) is 16.1 Å². The molecule has 0 spiro atoms. The van der Waals surface area contributed by atoms with E-state index in [4.69, 9.17) is 14.2 Å². The SMILES string of the molecule is C[C@H]1CN([C@@H](C)CO)C(=O)c2cc(NS(=O)(=O)c3cccs3)ccc2O[C@@H]1CN(C)Cc1ccc2c(c1)OCO2. The number of aliphatic hydroxyl groups is 1. The van der Waals surface area contributed by atoms with Gasteiger partial charge in [-0.05, 0) is 61.3 Å². The first kappa shape index (κ1) is 28.2. The highest BCUT2D eigenvalue weighted by molar-refractivity contribution is 7.94. The van der Waals surface area contributed by atoms with E-state index in [1.54, 1.807) is 35.4 Å². The molecule has 1 aromatic heterocycles. The minimum absolute atomic E-state index is 0.0534. The summed E-state index contributed by atoms with van der Waals surface area (Å²) in [5.41, 5.74) is 1.56. The van der Waals surface area contributed by atoms with Crippen molar-refractivity contribution in [1.29, 1.82) is 0 Å². The maximum atomic E-state index is 13.7. The topological polar surface area (TPSA) is 118 Å². The molecule has 3 atom stereocenters. The number of likely N-dealkylation sites (N-methyl/N-ethyl adjacent to an activating group) is 1. The number of hydrogen-bond acceptors (Lipinski definition) is 9. The number of nitrogens with one attached hydrogen (secondary N) is 1. The monoisotopic (exact) mass is 587 g/mol. The lowest BCUT2D eigenvalue weighted by molar-refractivity contribution is 0.0341. The first-order valence-electron chi connectivity index (χ1n) is 13.0. The molecule has 0 saturated carbocycles. The van der Waals surface area contributed by atoms with E-state index in [2.05, 4.69) is 9.62 Å². The van der Waals surface area contributed by atoms with Crippen molar-refractivity contribution in [2.45, 2.75) is 36.7 Å². The molecule has 1 amide bonds. The van der Waals surface area contributed by atoms with Crippen LogP contribution in [-0.2, 0) is 16.6 Å². The number of amides is 1. The van der Waals surface area contributed by atoms with Crippen LogP contribution in [0.25, 0.3) is 0 Å². The quantitative estimate of drug-likeness (QED) is 0.390. The Kier molecular flexibility index (Phi) is 8.22. The lowest BCUT2D eigenvalue weighted by atomic mass is 9.99. The summed E-state index contributed by atoms with van der Waals surface area (Å²) < 4.78 is 45.7. The summed E-state index contributed by atoms with van der Waals surface area (Å²) in [5, 5.41) is 11.6. The van der Waals surface area contributed by atoms with Gasteiger partial charge in [-0.2, -0.15) is 0 Å². The van der Waals surface area contributed by atoms with Crippen LogP contribution in [0.15, 0.2) is 58.1 Å². The molecule has 2 aliphatic heterocycles. The predicted octanol–water partition coefficient (Wildman–Crippen LogP) is 3.63. The van der Waals surface area contributed by atoms with E-state index in [1.807, 2.05) is 32.2 Å². The number of anilines is 1. The third-order valence-corrected chi connectivity index (χ3v) is 9.84. The van der Waals surface area contributed by atoms with Gasteiger partial charge in [0.25, 0.3) is 15.9 Å². The molecule has 0 saturated heterocycles. The van der Waals surface area contributed by atoms with Crippen LogP contribution < -0.4 is 18.9 Å². The fourth-order valence-electron chi connectivity index (χ4n) is 4.85. The third kappa shape index (κ3) is 6.04. The number of nitrogens with zero attached hydrogens (tertiary/aromatic N) is 2. The second-order valence-electron chi connectivity index (χ2n) is 10.3. The van der Waals surface area contributed by atoms with Crippen molar-refractivity contribution in [2.75, 3.05) is 38.3 Å². The summed E-state index contributed by atoms with van der Waals surface area (Å²) in [6.07, 6.45) is -0.284. The van der Waals surface area contributed by atoms with Crippen molar-refractivity contribution in [2.24, 2.45) is 5.92 Å². The summed E-state index contributed by atoms with van der Waals surface area (Å²) in [7, 11) is -1.79. The second-order valence-corrected chi connectivity index (χ2v) is 13.1. The number of ether oxygens (including phenoxy) is 3. The highest BCUT2D eigenvalue weighted by atomic mass is 32.2. The Bertz CT molecular complexity index is 1460. The molecular weight excluding hydrogens is 554 g/mol. The molecular formula is C28H33N3O7S2. The molecule has 5 rings (SSSR count). The highest BCUT2D eigenvalue weighted by Crippen LogP contribution is 2.34. The number of hydrogen-bond donors (Lipinski definition) is 2. The molecule has 3 heterocycles. The average molecular weight is 588 g/mol. The molecule has 40 heavy (non-hydrogen) atoms. The van der Waals surface area contributed by atoms with Gasteiger partial charge in [0, 0.05) is 31.2 Å². The molecule has 0 aliphatic carbocycles. The van der Waals surface area contributed by atoms with Gasteiger partial charge in [-0.1, -0.05) is 19.1 Å². The van der Waals surface area contributed by atoms with Crippen LogP contribution in [0.5, 0.6) is 17.2 Å². The molecule has 12 heteroatoms. The van der Waals surface area contributed by atoms with E-state index < -0.39 is 16.1 Å². The van der Waals surface area contributed by atoms with Crippen molar-refractivity contribution >= 4 is 33.0 Å². The Morgan fingerprint density at radius 3 is 2.67 bits per heavy atom. The van der Waals surface area contributed by atoms with Gasteiger partial charge < -0.3 is 24.2 Å². The lowest BCUT2D eigenvalue weighted by Crippen LogP contribution is -2.49. The Balaban J connectivity index is 1.40. The largest absolute Gasteiger partial charge is 0.488 e. The highest BCUT2D eigenvalue weighted by Gasteiger charge is 2.34. The smallest absolute Gasteiger partial charge is 0.271 e. The molecule has 214 valence electrons. The summed E-state index contributed by atoms with van der Waals surface area (Å²) in [5.74, 6) is 1.45. The normalized spacial score (nSPS) is 19.5. The van der Waals surface area contributed by atoms with Crippen LogP contribution in [0, 0.1) is 5.92 Å². The zero-order valence-electron chi connectivity index (χ0n) is 22.6. The number of fused-ring (bicyclic) bond motifs is 2. The van der Waals surface area contributed by atoms with Crippen molar-refractivity contribution in [3.63, 3.8) is 0 Å². The number of sulfonamides is 1. The van der Waals surface area contributed by atoms with Crippen molar-refractivity contribution in [3.05, 3.63) is 65.0 Å².